The Bertz CT molecular complexity index is 1210. The zero-order valence-corrected chi connectivity index (χ0v) is 19.9. The van der Waals surface area contributed by atoms with E-state index in [0.717, 1.165) is 12.3 Å². The molecule has 2 unspecified atom stereocenters. The smallest absolute Gasteiger partial charge is 0.251 e. The van der Waals surface area contributed by atoms with Crippen molar-refractivity contribution in [3.8, 4) is 0 Å². The monoisotopic (exact) mass is 514 g/mol. The van der Waals surface area contributed by atoms with Crippen molar-refractivity contribution < 1.29 is 26.8 Å². The van der Waals surface area contributed by atoms with Gasteiger partial charge in [-0.15, -0.1) is 0 Å². The van der Waals surface area contributed by atoms with Crippen molar-refractivity contribution in [3.63, 3.8) is 0 Å². The zero-order valence-electron chi connectivity index (χ0n) is 18.3. The lowest BCUT2D eigenvalue weighted by Crippen LogP contribution is -2.38. The molecule has 0 bridgehead atoms. The first-order valence-corrected chi connectivity index (χ1v) is 12.8. The van der Waals surface area contributed by atoms with E-state index in [-0.39, 0.29) is 47.6 Å². The fraction of sp³-hybridized carbons (Fsp3) is 0.364. The number of benzene rings is 2. The van der Waals surface area contributed by atoms with Crippen LogP contribution in [0, 0.1) is 11.6 Å². The number of hydrogen-bond donors (Lipinski definition) is 4. The van der Waals surface area contributed by atoms with Crippen LogP contribution in [0.1, 0.15) is 40.2 Å². The van der Waals surface area contributed by atoms with Gasteiger partial charge in [0.2, 0.25) is 15.9 Å². The molecule has 3 rings (SSSR count). The van der Waals surface area contributed by atoms with Crippen LogP contribution in [0.4, 0.5) is 14.5 Å². The Kier molecular flexibility index (Phi) is 8.11. The van der Waals surface area contributed by atoms with Crippen LogP contribution in [0.3, 0.4) is 0 Å². The Balaban J connectivity index is 1.46. The second-order valence-corrected chi connectivity index (χ2v) is 10.3. The van der Waals surface area contributed by atoms with Gasteiger partial charge < -0.3 is 16.4 Å². The third kappa shape index (κ3) is 6.64. The largest absolute Gasteiger partial charge is 0.354 e. The molecule has 2 amide bonds. The molecule has 1 aliphatic carbocycles. The van der Waals surface area contributed by atoms with E-state index in [9.17, 15) is 26.8 Å². The van der Waals surface area contributed by atoms with Gasteiger partial charge >= 0.3 is 0 Å². The van der Waals surface area contributed by atoms with Crippen molar-refractivity contribution in [1.29, 1.82) is 0 Å². The van der Waals surface area contributed by atoms with Crippen LogP contribution in [0.2, 0.25) is 5.02 Å². The van der Waals surface area contributed by atoms with Crippen LogP contribution in [-0.2, 0) is 21.2 Å². The molecule has 0 heterocycles. The first-order valence-electron chi connectivity index (χ1n) is 10.5. The average Bonchev–Trinajstić information content (AvgIpc) is 3.14. The molecule has 2 aromatic rings. The van der Waals surface area contributed by atoms with Gasteiger partial charge in [0, 0.05) is 37.0 Å². The van der Waals surface area contributed by atoms with Gasteiger partial charge in [-0.2, -0.15) is 0 Å². The number of hydrogen-bond acceptors (Lipinski definition) is 5. The second kappa shape index (κ2) is 10.7. The average molecular weight is 515 g/mol. The SMILES string of the molecule is CS(=O)(=O)Nc1cc(C(=O)NCCNC(=O)CC(N)C2CCc3cc(F)c(F)cc32)ccc1Cl. The minimum absolute atomic E-state index is 0.00520. The third-order valence-electron chi connectivity index (χ3n) is 5.50. The number of amides is 2. The lowest BCUT2D eigenvalue weighted by Gasteiger charge is -2.20. The fourth-order valence-electron chi connectivity index (χ4n) is 3.93. The second-order valence-electron chi connectivity index (χ2n) is 8.15. The van der Waals surface area contributed by atoms with Crippen LogP contribution < -0.4 is 21.1 Å². The van der Waals surface area contributed by atoms with Crippen molar-refractivity contribution in [2.24, 2.45) is 5.73 Å². The lowest BCUT2D eigenvalue weighted by atomic mass is 9.91. The predicted molar refractivity (Wildman–Crippen MR) is 125 cm³/mol. The summed E-state index contributed by atoms with van der Waals surface area (Å²) in [6, 6.07) is 5.93. The van der Waals surface area contributed by atoms with E-state index in [4.69, 9.17) is 17.3 Å². The summed E-state index contributed by atoms with van der Waals surface area (Å²) >= 11 is 5.95. The van der Waals surface area contributed by atoms with E-state index < -0.39 is 33.6 Å². The minimum Gasteiger partial charge on any atom is -0.354 e. The molecule has 0 radical (unpaired) electrons. The van der Waals surface area contributed by atoms with E-state index in [1.54, 1.807) is 0 Å². The molecule has 12 heteroatoms. The molecular weight excluding hydrogens is 490 g/mol. The van der Waals surface area contributed by atoms with Gasteiger partial charge in [-0.1, -0.05) is 11.6 Å². The minimum atomic E-state index is -3.57. The van der Waals surface area contributed by atoms with Gasteiger partial charge in [-0.3, -0.25) is 14.3 Å². The quantitative estimate of drug-likeness (QED) is 0.381. The Hall–Kier alpha value is -2.76. The van der Waals surface area contributed by atoms with Crippen molar-refractivity contribution in [3.05, 3.63) is 63.7 Å². The van der Waals surface area contributed by atoms with Crippen molar-refractivity contribution in [2.75, 3.05) is 24.1 Å². The van der Waals surface area contributed by atoms with Gasteiger partial charge in [0.15, 0.2) is 11.6 Å². The topological polar surface area (TPSA) is 130 Å². The maximum atomic E-state index is 13.6. The Labute approximate surface area is 201 Å². The van der Waals surface area contributed by atoms with Crippen LogP contribution in [0.25, 0.3) is 0 Å². The highest BCUT2D eigenvalue weighted by atomic mass is 35.5. The van der Waals surface area contributed by atoms with E-state index >= 15 is 0 Å². The highest BCUT2D eigenvalue weighted by Gasteiger charge is 2.30. The Morgan fingerprint density at radius 3 is 2.53 bits per heavy atom. The molecular formula is C22H25ClF2N4O4S. The summed E-state index contributed by atoms with van der Waals surface area (Å²) in [5.74, 6) is -2.87. The normalized spacial score (nSPS) is 16.0. The zero-order chi connectivity index (χ0) is 25.0. The summed E-state index contributed by atoms with van der Waals surface area (Å²) in [7, 11) is -3.57. The van der Waals surface area contributed by atoms with Crippen LogP contribution in [0.15, 0.2) is 30.3 Å². The summed E-state index contributed by atoms with van der Waals surface area (Å²) in [6.45, 7) is 0.258. The molecule has 0 saturated carbocycles. The van der Waals surface area contributed by atoms with Crippen molar-refractivity contribution >= 4 is 39.1 Å². The first kappa shape index (κ1) is 25.9. The molecule has 0 saturated heterocycles. The number of carbonyl (C=O) groups is 2. The van der Waals surface area contributed by atoms with Crippen molar-refractivity contribution in [1.82, 2.24) is 10.6 Å². The maximum absolute atomic E-state index is 13.6. The standard InChI is InChI=1S/C22H25ClF2N4O4S/c1-34(32,33)29-20-9-13(3-5-16(20)23)22(31)28-7-6-27-21(30)11-19(26)14-4-2-12-8-17(24)18(25)10-15(12)14/h3,5,8-10,14,19,29H,2,4,6-7,11,26H2,1H3,(H,27,30)(H,28,31). The van der Waals surface area contributed by atoms with Gasteiger partial charge in [-0.05, 0) is 54.3 Å². The third-order valence-corrected chi connectivity index (χ3v) is 6.42. The highest BCUT2D eigenvalue weighted by molar-refractivity contribution is 7.92. The van der Waals surface area contributed by atoms with Gasteiger partial charge in [0.25, 0.3) is 5.91 Å². The molecule has 2 aromatic carbocycles. The predicted octanol–water partition coefficient (Wildman–Crippen LogP) is 2.28. The summed E-state index contributed by atoms with van der Waals surface area (Å²) in [5.41, 5.74) is 7.79. The fourth-order valence-corrected chi connectivity index (χ4v) is 4.72. The number of sulfonamides is 1. The summed E-state index contributed by atoms with van der Waals surface area (Å²) in [5, 5.41) is 5.42. The van der Waals surface area contributed by atoms with Gasteiger partial charge in [0.1, 0.15) is 0 Å². The molecule has 0 aromatic heterocycles. The number of aryl methyl sites for hydroxylation is 1. The van der Waals surface area contributed by atoms with E-state index in [1.807, 2.05) is 0 Å². The van der Waals surface area contributed by atoms with Gasteiger partial charge in [0.05, 0.1) is 17.0 Å². The molecule has 2 atom stereocenters. The number of rotatable bonds is 9. The number of carbonyl (C=O) groups excluding carboxylic acids is 2. The van der Waals surface area contributed by atoms with E-state index in [1.165, 1.54) is 24.3 Å². The number of halogens is 3. The van der Waals surface area contributed by atoms with Gasteiger partial charge in [-0.25, -0.2) is 17.2 Å². The van der Waals surface area contributed by atoms with Crippen LogP contribution in [0.5, 0.6) is 0 Å². The molecule has 184 valence electrons. The maximum Gasteiger partial charge on any atom is 0.251 e. The summed E-state index contributed by atoms with van der Waals surface area (Å²) in [4.78, 5) is 24.6. The molecule has 34 heavy (non-hydrogen) atoms. The molecule has 1 aliphatic rings. The highest BCUT2D eigenvalue weighted by Crippen LogP contribution is 2.36. The van der Waals surface area contributed by atoms with E-state index in [2.05, 4.69) is 15.4 Å². The molecule has 0 aliphatic heterocycles. The number of anilines is 1. The van der Waals surface area contributed by atoms with Crippen LogP contribution in [-0.4, -0.2) is 45.6 Å². The molecule has 0 spiro atoms. The molecule has 0 fully saturated rings. The lowest BCUT2D eigenvalue weighted by molar-refractivity contribution is -0.121. The summed E-state index contributed by atoms with van der Waals surface area (Å²) < 4.78 is 52.1. The Morgan fingerprint density at radius 1 is 1.15 bits per heavy atom. The number of nitrogens with two attached hydrogens (primary N) is 1. The van der Waals surface area contributed by atoms with Crippen LogP contribution >= 0.6 is 11.6 Å². The summed E-state index contributed by atoms with van der Waals surface area (Å²) in [6.07, 6.45) is 2.15. The number of nitrogens with one attached hydrogen (secondary N) is 3. The first-order chi connectivity index (χ1) is 15.9. The molecule has 5 N–H and O–H groups in total. The number of fused-ring (bicyclic) bond motifs is 1. The molecule has 8 nitrogen and oxygen atoms in total. The van der Waals surface area contributed by atoms with E-state index in [0.29, 0.717) is 24.0 Å². The Morgan fingerprint density at radius 2 is 1.82 bits per heavy atom. The van der Waals surface area contributed by atoms with Crippen molar-refractivity contribution in [2.45, 2.75) is 31.2 Å².